The molecule has 1 heterocycles. The van der Waals surface area contributed by atoms with Gasteiger partial charge in [-0.25, -0.2) is 0 Å². The number of rotatable bonds is 3. The number of anilines is 1. The average Bonchev–Trinajstić information content (AvgIpc) is 2.55. The lowest BCUT2D eigenvalue weighted by Crippen LogP contribution is -2.53. The molecule has 1 fully saturated rings. The molecule has 0 aromatic heterocycles. The fourth-order valence-corrected chi connectivity index (χ4v) is 2.35. The predicted molar refractivity (Wildman–Crippen MR) is 78.7 cm³/mol. The summed E-state index contributed by atoms with van der Waals surface area (Å²) in [5.41, 5.74) is -0.354. The molecular weight excluding hydrogens is 272 g/mol. The van der Waals surface area contributed by atoms with Crippen LogP contribution in [0.5, 0.6) is 11.5 Å². The third-order valence-corrected chi connectivity index (χ3v) is 3.47. The van der Waals surface area contributed by atoms with Crippen LogP contribution in [0, 0.1) is 0 Å². The van der Waals surface area contributed by atoms with Crippen LogP contribution in [0.15, 0.2) is 18.2 Å². The minimum atomic E-state index is -0.957. The number of methoxy groups -OCH3 is 2. The Hall–Kier alpha value is -2.24. The quantitative estimate of drug-likeness (QED) is 0.912. The van der Waals surface area contributed by atoms with Crippen LogP contribution >= 0.6 is 0 Å². The normalized spacial score (nSPS) is 18.0. The maximum Gasteiger partial charge on any atom is 0.252 e. The predicted octanol–water partition coefficient (Wildman–Crippen LogP) is 1.34. The third kappa shape index (κ3) is 2.94. The summed E-state index contributed by atoms with van der Waals surface area (Å²) in [6, 6.07) is 5.25. The molecule has 6 nitrogen and oxygen atoms in total. The third-order valence-electron chi connectivity index (χ3n) is 3.47. The van der Waals surface area contributed by atoms with Crippen molar-refractivity contribution in [1.82, 2.24) is 5.32 Å². The molecule has 0 bridgehead atoms. The van der Waals surface area contributed by atoms with E-state index in [9.17, 15) is 9.59 Å². The van der Waals surface area contributed by atoms with Gasteiger partial charge in [-0.15, -0.1) is 0 Å². The van der Waals surface area contributed by atoms with E-state index in [1.165, 1.54) is 0 Å². The lowest BCUT2D eigenvalue weighted by molar-refractivity contribution is -0.128. The van der Waals surface area contributed by atoms with Gasteiger partial charge in [0.1, 0.15) is 17.0 Å². The van der Waals surface area contributed by atoms with E-state index in [1.54, 1.807) is 51.2 Å². The van der Waals surface area contributed by atoms with E-state index < -0.39 is 5.54 Å². The van der Waals surface area contributed by atoms with Crippen molar-refractivity contribution in [2.75, 3.05) is 25.7 Å². The Kier molecular flexibility index (Phi) is 4.06. The fraction of sp³-hybridized carbons (Fsp3) is 0.467. The summed E-state index contributed by atoms with van der Waals surface area (Å²) < 4.78 is 10.5. The molecule has 114 valence electrons. The van der Waals surface area contributed by atoms with Gasteiger partial charge in [0.05, 0.1) is 19.9 Å². The molecule has 1 N–H and O–H groups in total. The highest BCUT2D eigenvalue weighted by Crippen LogP contribution is 2.34. The molecule has 0 saturated carbocycles. The van der Waals surface area contributed by atoms with Gasteiger partial charge in [0.25, 0.3) is 5.91 Å². The molecule has 6 heteroatoms. The highest BCUT2D eigenvalue weighted by molar-refractivity contribution is 6.04. The average molecular weight is 292 g/mol. The number of nitrogens with one attached hydrogen (secondary N) is 1. The van der Waals surface area contributed by atoms with E-state index in [4.69, 9.17) is 9.47 Å². The Bertz CT molecular complexity index is 569. The number of hydrogen-bond donors (Lipinski definition) is 1. The van der Waals surface area contributed by atoms with Crippen LogP contribution in [0.3, 0.4) is 0 Å². The Morgan fingerprint density at radius 3 is 2.52 bits per heavy atom. The molecule has 1 aromatic rings. The molecule has 0 unspecified atom stereocenters. The van der Waals surface area contributed by atoms with Crippen LogP contribution in [0.25, 0.3) is 0 Å². The lowest BCUT2D eigenvalue weighted by atomic mass is 10.0. The zero-order valence-electron chi connectivity index (χ0n) is 12.7. The summed E-state index contributed by atoms with van der Waals surface area (Å²) in [5, 5.41) is 2.73. The van der Waals surface area contributed by atoms with E-state index >= 15 is 0 Å². The first-order valence-electron chi connectivity index (χ1n) is 6.74. The molecular formula is C15H20N2O4. The van der Waals surface area contributed by atoms with Crippen molar-refractivity contribution < 1.29 is 19.1 Å². The Labute approximate surface area is 124 Å². The molecule has 0 radical (unpaired) electrons. The maximum absolute atomic E-state index is 12.7. The van der Waals surface area contributed by atoms with E-state index in [2.05, 4.69) is 5.32 Å². The van der Waals surface area contributed by atoms with Gasteiger partial charge >= 0.3 is 0 Å². The smallest absolute Gasteiger partial charge is 0.252 e. The molecule has 2 rings (SSSR count). The zero-order chi connectivity index (χ0) is 15.6. The van der Waals surface area contributed by atoms with Crippen molar-refractivity contribution in [1.29, 1.82) is 0 Å². The summed E-state index contributed by atoms with van der Waals surface area (Å²) >= 11 is 0. The molecule has 1 aliphatic heterocycles. The summed E-state index contributed by atoms with van der Waals surface area (Å²) in [5.74, 6) is 0.867. The maximum atomic E-state index is 12.7. The number of hydrogen-bond acceptors (Lipinski definition) is 4. The van der Waals surface area contributed by atoms with Gasteiger partial charge in [-0.05, 0) is 26.0 Å². The van der Waals surface area contributed by atoms with Gasteiger partial charge < -0.3 is 19.7 Å². The van der Waals surface area contributed by atoms with Crippen molar-refractivity contribution in [2.24, 2.45) is 0 Å². The second-order valence-corrected chi connectivity index (χ2v) is 5.42. The second-order valence-electron chi connectivity index (χ2n) is 5.42. The molecule has 1 aliphatic rings. The van der Waals surface area contributed by atoms with Crippen molar-refractivity contribution in [3.63, 3.8) is 0 Å². The van der Waals surface area contributed by atoms with Crippen molar-refractivity contribution in [3.8, 4) is 11.5 Å². The SMILES string of the molecule is COc1ccc(OC)c(N2CCC(=O)NC(C)(C)C2=O)c1. The molecule has 21 heavy (non-hydrogen) atoms. The first-order valence-corrected chi connectivity index (χ1v) is 6.74. The van der Waals surface area contributed by atoms with E-state index in [-0.39, 0.29) is 18.2 Å². The number of amides is 2. The number of nitrogens with zero attached hydrogens (tertiary/aromatic N) is 1. The largest absolute Gasteiger partial charge is 0.497 e. The van der Waals surface area contributed by atoms with Gasteiger partial charge in [0.2, 0.25) is 5.91 Å². The molecule has 0 aliphatic carbocycles. The van der Waals surface area contributed by atoms with Crippen LogP contribution in [0.1, 0.15) is 20.3 Å². The van der Waals surface area contributed by atoms with Crippen LogP contribution in [-0.2, 0) is 9.59 Å². The van der Waals surface area contributed by atoms with E-state index in [0.717, 1.165) is 0 Å². The lowest BCUT2D eigenvalue weighted by Gasteiger charge is -2.29. The topological polar surface area (TPSA) is 67.9 Å². The van der Waals surface area contributed by atoms with Gasteiger partial charge in [-0.1, -0.05) is 0 Å². The van der Waals surface area contributed by atoms with Crippen molar-refractivity contribution >= 4 is 17.5 Å². The van der Waals surface area contributed by atoms with Crippen molar-refractivity contribution in [3.05, 3.63) is 18.2 Å². The van der Waals surface area contributed by atoms with Crippen LogP contribution in [0.4, 0.5) is 5.69 Å². The fourth-order valence-electron chi connectivity index (χ4n) is 2.35. The molecule has 1 saturated heterocycles. The number of carbonyl (C=O) groups is 2. The molecule has 2 amide bonds. The molecule has 0 atom stereocenters. The summed E-state index contributed by atoms with van der Waals surface area (Å²) in [4.78, 5) is 26.0. The Morgan fingerprint density at radius 2 is 1.90 bits per heavy atom. The van der Waals surface area contributed by atoms with Crippen molar-refractivity contribution in [2.45, 2.75) is 25.8 Å². The van der Waals surface area contributed by atoms with Gasteiger partial charge in [0, 0.05) is 19.0 Å². The first-order chi connectivity index (χ1) is 9.89. The number of carbonyl (C=O) groups excluding carboxylic acids is 2. The van der Waals surface area contributed by atoms with Gasteiger partial charge in [-0.3, -0.25) is 9.59 Å². The first kappa shape index (κ1) is 15.2. The summed E-state index contributed by atoms with van der Waals surface area (Å²) in [6.45, 7) is 3.69. The van der Waals surface area contributed by atoms with Gasteiger partial charge in [-0.2, -0.15) is 0 Å². The van der Waals surface area contributed by atoms with E-state index in [0.29, 0.717) is 23.7 Å². The molecule has 0 spiro atoms. The Balaban J connectivity index is 2.48. The van der Waals surface area contributed by atoms with Gasteiger partial charge in [0.15, 0.2) is 0 Å². The summed E-state index contributed by atoms with van der Waals surface area (Å²) in [6.07, 6.45) is 0.246. The van der Waals surface area contributed by atoms with Crippen LogP contribution in [0.2, 0.25) is 0 Å². The zero-order valence-corrected chi connectivity index (χ0v) is 12.7. The van der Waals surface area contributed by atoms with Crippen LogP contribution in [-0.4, -0.2) is 38.1 Å². The highest BCUT2D eigenvalue weighted by Gasteiger charge is 2.38. The van der Waals surface area contributed by atoms with E-state index in [1.807, 2.05) is 0 Å². The Morgan fingerprint density at radius 1 is 1.19 bits per heavy atom. The second kappa shape index (κ2) is 5.63. The standard InChI is InChI=1S/C15H20N2O4/c1-15(2)14(19)17(8-7-13(18)16-15)11-9-10(20-3)5-6-12(11)21-4/h5-6,9H,7-8H2,1-4H3,(H,16,18). The highest BCUT2D eigenvalue weighted by atomic mass is 16.5. The minimum absolute atomic E-state index is 0.141. The monoisotopic (exact) mass is 292 g/mol. The number of benzene rings is 1. The molecule has 1 aromatic carbocycles. The number of ether oxygens (including phenoxy) is 2. The summed E-state index contributed by atoms with van der Waals surface area (Å²) in [7, 11) is 3.10. The van der Waals surface area contributed by atoms with Crippen LogP contribution < -0.4 is 19.7 Å². The minimum Gasteiger partial charge on any atom is -0.497 e.